The van der Waals surface area contributed by atoms with Gasteiger partial charge in [0.15, 0.2) is 11.5 Å². The van der Waals surface area contributed by atoms with Gasteiger partial charge in [0.25, 0.3) is 5.56 Å². The van der Waals surface area contributed by atoms with Gasteiger partial charge >= 0.3 is 0 Å². The van der Waals surface area contributed by atoms with Gasteiger partial charge in [-0.3, -0.25) is 18.8 Å². The van der Waals surface area contributed by atoms with Gasteiger partial charge in [-0.25, -0.2) is 9.67 Å². The van der Waals surface area contributed by atoms with Gasteiger partial charge < -0.3 is 5.32 Å². The smallest absolute Gasteiger partial charge is 0.264 e. The second kappa shape index (κ2) is 6.44. The molecular formula is C16H15N9O2. The molecule has 0 bridgehead atoms. The molecule has 1 amide bonds. The second-order valence-corrected chi connectivity index (χ2v) is 5.94. The van der Waals surface area contributed by atoms with Crippen LogP contribution in [0.3, 0.4) is 0 Å². The molecular weight excluding hydrogens is 350 g/mol. The highest BCUT2D eigenvalue weighted by molar-refractivity contribution is 5.91. The van der Waals surface area contributed by atoms with E-state index in [1.54, 1.807) is 32.3 Å². The third kappa shape index (κ3) is 3.05. The molecule has 11 nitrogen and oxygen atoms in total. The molecule has 0 aliphatic rings. The molecule has 0 unspecified atom stereocenters. The summed E-state index contributed by atoms with van der Waals surface area (Å²) in [5.41, 5.74) is 1.49. The Labute approximate surface area is 152 Å². The summed E-state index contributed by atoms with van der Waals surface area (Å²) < 4.78 is 4.29. The van der Waals surface area contributed by atoms with Crippen LogP contribution >= 0.6 is 0 Å². The molecule has 4 rings (SSSR count). The summed E-state index contributed by atoms with van der Waals surface area (Å²) in [4.78, 5) is 29.0. The number of carbonyl (C=O) groups is 1. The van der Waals surface area contributed by atoms with Crippen LogP contribution in [0, 0.1) is 0 Å². The lowest BCUT2D eigenvalue weighted by molar-refractivity contribution is -0.116. The maximum atomic E-state index is 12.4. The number of hydrogen-bond donors (Lipinski definition) is 1. The number of tetrazole rings is 1. The van der Waals surface area contributed by atoms with Crippen LogP contribution in [0.1, 0.15) is 0 Å². The van der Waals surface area contributed by atoms with Crippen molar-refractivity contribution in [2.24, 2.45) is 14.1 Å². The van der Waals surface area contributed by atoms with E-state index in [9.17, 15) is 9.59 Å². The monoisotopic (exact) mass is 365 g/mol. The fourth-order valence-corrected chi connectivity index (χ4v) is 2.74. The minimum absolute atomic E-state index is 0.160. The Morgan fingerprint density at radius 2 is 2.07 bits per heavy atom. The summed E-state index contributed by atoms with van der Waals surface area (Å²) in [6.07, 6.45) is 2.78. The number of fused-ring (bicyclic) bond motifs is 1. The van der Waals surface area contributed by atoms with Crippen LogP contribution in [0.5, 0.6) is 0 Å². The summed E-state index contributed by atoms with van der Waals surface area (Å²) in [7, 11) is 3.43. The molecule has 0 saturated carbocycles. The maximum absolute atomic E-state index is 12.4. The number of nitrogens with one attached hydrogen (secondary N) is 1. The Bertz CT molecular complexity index is 1200. The van der Waals surface area contributed by atoms with Crippen LogP contribution < -0.4 is 10.9 Å². The van der Waals surface area contributed by atoms with Crippen molar-refractivity contribution in [3.05, 3.63) is 47.1 Å². The van der Waals surface area contributed by atoms with Crippen LogP contribution in [0.15, 0.2) is 41.6 Å². The number of aromatic nitrogens is 8. The van der Waals surface area contributed by atoms with E-state index >= 15 is 0 Å². The number of nitrogens with zero attached hydrogens (tertiary/aromatic N) is 8. The highest BCUT2D eigenvalue weighted by Gasteiger charge is 2.12. The first-order valence-electron chi connectivity index (χ1n) is 8.03. The SMILES string of the molecule is Cn1nnnc1-c1cccc(NC(=O)Cn2cnc3c(cnn3C)c2=O)c1. The van der Waals surface area contributed by atoms with Crippen molar-refractivity contribution >= 4 is 22.6 Å². The van der Waals surface area contributed by atoms with Crippen LogP contribution in [-0.2, 0) is 25.4 Å². The van der Waals surface area contributed by atoms with Crippen molar-refractivity contribution in [3.63, 3.8) is 0 Å². The lowest BCUT2D eigenvalue weighted by Gasteiger charge is -2.08. The van der Waals surface area contributed by atoms with E-state index in [0.29, 0.717) is 22.5 Å². The zero-order chi connectivity index (χ0) is 19.0. The van der Waals surface area contributed by atoms with Crippen molar-refractivity contribution in [2.75, 3.05) is 5.32 Å². The molecule has 0 radical (unpaired) electrons. The Balaban J connectivity index is 1.54. The van der Waals surface area contributed by atoms with Crippen molar-refractivity contribution in [1.29, 1.82) is 0 Å². The molecule has 0 aliphatic carbocycles. The number of hydrogen-bond acceptors (Lipinski definition) is 7. The summed E-state index contributed by atoms with van der Waals surface area (Å²) >= 11 is 0. The minimum atomic E-state index is -0.351. The number of benzene rings is 1. The average molecular weight is 365 g/mol. The maximum Gasteiger partial charge on any atom is 0.264 e. The van der Waals surface area contributed by atoms with Crippen molar-refractivity contribution in [3.8, 4) is 11.4 Å². The predicted octanol–water partition coefficient (Wildman–Crippen LogP) is -0.0408. The zero-order valence-corrected chi connectivity index (χ0v) is 14.6. The highest BCUT2D eigenvalue weighted by Crippen LogP contribution is 2.19. The van der Waals surface area contributed by atoms with Gasteiger partial charge in [-0.1, -0.05) is 12.1 Å². The third-order valence-electron chi connectivity index (χ3n) is 4.06. The van der Waals surface area contributed by atoms with E-state index in [1.165, 1.54) is 26.5 Å². The molecule has 11 heteroatoms. The number of aryl methyl sites for hydroxylation is 2. The molecule has 0 aliphatic heterocycles. The normalized spacial score (nSPS) is 11.0. The first-order valence-corrected chi connectivity index (χ1v) is 8.03. The van der Waals surface area contributed by atoms with Crippen LogP contribution in [-0.4, -0.2) is 45.4 Å². The largest absolute Gasteiger partial charge is 0.325 e. The van der Waals surface area contributed by atoms with Gasteiger partial charge in [0.1, 0.15) is 18.3 Å². The second-order valence-electron chi connectivity index (χ2n) is 5.94. The van der Waals surface area contributed by atoms with Gasteiger partial charge in [-0.2, -0.15) is 5.10 Å². The lowest BCUT2D eigenvalue weighted by Crippen LogP contribution is -2.27. The summed E-state index contributed by atoms with van der Waals surface area (Å²) in [5.74, 6) is 0.226. The molecule has 4 aromatic rings. The van der Waals surface area contributed by atoms with E-state index in [0.717, 1.165) is 5.56 Å². The van der Waals surface area contributed by atoms with E-state index in [-0.39, 0.29) is 18.0 Å². The van der Waals surface area contributed by atoms with Gasteiger partial charge in [-0.15, -0.1) is 5.10 Å². The molecule has 0 saturated heterocycles. The Kier molecular flexibility index (Phi) is 3.95. The van der Waals surface area contributed by atoms with Crippen LogP contribution in [0.4, 0.5) is 5.69 Å². The average Bonchev–Trinajstić information content (AvgIpc) is 3.24. The summed E-state index contributed by atoms with van der Waals surface area (Å²) in [6.45, 7) is -0.160. The zero-order valence-electron chi connectivity index (χ0n) is 14.6. The molecule has 1 aromatic carbocycles. The molecule has 0 atom stereocenters. The topological polar surface area (TPSA) is 125 Å². The molecule has 27 heavy (non-hydrogen) atoms. The van der Waals surface area contributed by atoms with Gasteiger partial charge in [0.05, 0.1) is 6.20 Å². The Morgan fingerprint density at radius 3 is 2.85 bits per heavy atom. The molecule has 3 heterocycles. The molecule has 3 aromatic heterocycles. The molecule has 0 spiro atoms. The fourth-order valence-electron chi connectivity index (χ4n) is 2.74. The number of rotatable bonds is 4. The Morgan fingerprint density at radius 1 is 1.22 bits per heavy atom. The van der Waals surface area contributed by atoms with Crippen LogP contribution in [0.2, 0.25) is 0 Å². The van der Waals surface area contributed by atoms with Crippen molar-refractivity contribution in [1.82, 2.24) is 39.5 Å². The van der Waals surface area contributed by atoms with Crippen molar-refractivity contribution in [2.45, 2.75) is 6.54 Å². The predicted molar refractivity (Wildman–Crippen MR) is 95.6 cm³/mol. The summed E-state index contributed by atoms with van der Waals surface area (Å²) in [6, 6.07) is 7.13. The number of carbonyl (C=O) groups excluding carboxylic acids is 1. The van der Waals surface area contributed by atoms with E-state index in [1.807, 2.05) is 6.07 Å². The fraction of sp³-hybridized carbons (Fsp3) is 0.188. The van der Waals surface area contributed by atoms with Crippen molar-refractivity contribution < 1.29 is 4.79 Å². The Hall–Kier alpha value is -3.89. The van der Waals surface area contributed by atoms with E-state index in [2.05, 4.69) is 30.9 Å². The minimum Gasteiger partial charge on any atom is -0.325 e. The van der Waals surface area contributed by atoms with Gasteiger partial charge in [0, 0.05) is 25.3 Å². The highest BCUT2D eigenvalue weighted by atomic mass is 16.2. The van der Waals surface area contributed by atoms with E-state index < -0.39 is 0 Å². The first-order chi connectivity index (χ1) is 13.0. The van der Waals surface area contributed by atoms with Gasteiger partial charge in [0.2, 0.25) is 5.91 Å². The standard InChI is InChI=1S/C16H15N9O2/c1-23-15-12(7-18-23)16(27)25(9-17-15)8-13(26)19-11-5-3-4-10(6-11)14-20-21-22-24(14)2/h3-7,9H,8H2,1-2H3,(H,19,26). The summed E-state index contributed by atoms with van der Waals surface area (Å²) in [5, 5.41) is 18.5. The number of amides is 1. The van der Waals surface area contributed by atoms with E-state index in [4.69, 9.17) is 0 Å². The van der Waals surface area contributed by atoms with Gasteiger partial charge in [-0.05, 0) is 22.6 Å². The first kappa shape index (κ1) is 16.6. The molecule has 136 valence electrons. The quantitative estimate of drug-likeness (QED) is 0.538. The third-order valence-corrected chi connectivity index (χ3v) is 4.06. The molecule has 0 fully saturated rings. The van der Waals surface area contributed by atoms with Crippen LogP contribution in [0.25, 0.3) is 22.4 Å². The number of anilines is 1. The lowest BCUT2D eigenvalue weighted by atomic mass is 10.2. The molecule has 1 N–H and O–H groups in total.